The average Bonchev–Trinajstić information content (AvgIpc) is 2.57. The fourth-order valence-corrected chi connectivity index (χ4v) is 2.09. The largest absolute Gasteiger partial charge is 0.504 e. The summed E-state index contributed by atoms with van der Waals surface area (Å²) in [5.41, 5.74) is 3.77. The van der Waals surface area contributed by atoms with E-state index in [1.165, 1.54) is 5.56 Å². The van der Waals surface area contributed by atoms with E-state index in [9.17, 15) is 5.11 Å². The Morgan fingerprint density at radius 3 is 2.61 bits per heavy atom. The first-order valence-electron chi connectivity index (χ1n) is 6.33. The Morgan fingerprint density at radius 2 is 2.00 bits per heavy atom. The van der Waals surface area contributed by atoms with Crippen molar-refractivity contribution in [2.75, 3.05) is 0 Å². The van der Waals surface area contributed by atoms with E-state index in [1.54, 1.807) is 0 Å². The first-order valence-corrected chi connectivity index (χ1v) is 6.33. The Hall–Kier alpha value is -1.77. The highest BCUT2D eigenvalue weighted by molar-refractivity contribution is 5.41. The molecule has 18 heavy (non-hydrogen) atoms. The second-order valence-corrected chi connectivity index (χ2v) is 5.23. The summed E-state index contributed by atoms with van der Waals surface area (Å²) in [7, 11) is 0. The molecule has 0 aliphatic carbocycles. The summed E-state index contributed by atoms with van der Waals surface area (Å²) in [5.74, 6) is 0.807. The van der Waals surface area contributed by atoms with Gasteiger partial charge in [-0.05, 0) is 43.9 Å². The van der Waals surface area contributed by atoms with Crippen LogP contribution in [0.25, 0.3) is 5.69 Å². The van der Waals surface area contributed by atoms with E-state index in [0.29, 0.717) is 11.7 Å². The summed E-state index contributed by atoms with van der Waals surface area (Å²) >= 11 is 0. The van der Waals surface area contributed by atoms with Gasteiger partial charge in [0.25, 0.3) is 0 Å². The van der Waals surface area contributed by atoms with Gasteiger partial charge in [0.05, 0.1) is 11.4 Å². The van der Waals surface area contributed by atoms with Gasteiger partial charge < -0.3 is 5.11 Å². The maximum Gasteiger partial charge on any atom is 0.160 e. The Morgan fingerprint density at radius 1 is 1.28 bits per heavy atom. The van der Waals surface area contributed by atoms with E-state index in [1.807, 2.05) is 23.7 Å². The molecule has 0 aliphatic heterocycles. The molecule has 1 aromatic heterocycles. The van der Waals surface area contributed by atoms with E-state index in [0.717, 1.165) is 23.5 Å². The first kappa shape index (κ1) is 12.7. The molecule has 0 bridgehead atoms. The van der Waals surface area contributed by atoms with Crippen molar-refractivity contribution in [3.63, 3.8) is 0 Å². The number of nitrogens with zero attached hydrogens (tertiary/aromatic N) is 2. The number of aromatic hydroxyl groups is 1. The molecule has 0 radical (unpaired) electrons. The molecule has 0 unspecified atom stereocenters. The van der Waals surface area contributed by atoms with Crippen LogP contribution in [0.5, 0.6) is 5.75 Å². The number of rotatable bonds is 3. The van der Waals surface area contributed by atoms with E-state index in [2.05, 4.69) is 38.0 Å². The Balaban J connectivity index is 2.46. The van der Waals surface area contributed by atoms with Gasteiger partial charge in [0.15, 0.2) is 5.75 Å². The second-order valence-electron chi connectivity index (χ2n) is 5.23. The Bertz CT molecular complexity index is 556. The first-order chi connectivity index (χ1) is 8.49. The van der Waals surface area contributed by atoms with Gasteiger partial charge in [-0.2, -0.15) is 5.10 Å². The summed E-state index contributed by atoms with van der Waals surface area (Å²) in [6.07, 6.45) is 0.797. The molecule has 2 rings (SSSR count). The molecule has 1 N–H and O–H groups in total. The van der Waals surface area contributed by atoms with Gasteiger partial charge in [0.2, 0.25) is 0 Å². The minimum absolute atomic E-state index is 0.324. The summed E-state index contributed by atoms with van der Waals surface area (Å²) in [5, 5.41) is 14.6. The van der Waals surface area contributed by atoms with Crippen molar-refractivity contribution in [1.82, 2.24) is 9.78 Å². The topological polar surface area (TPSA) is 38.0 Å². The molecular weight excluding hydrogens is 224 g/mol. The molecule has 1 heterocycles. The van der Waals surface area contributed by atoms with Crippen LogP contribution in [-0.4, -0.2) is 14.9 Å². The molecule has 0 amide bonds. The number of hydrogen-bond acceptors (Lipinski definition) is 2. The molecule has 0 saturated heterocycles. The van der Waals surface area contributed by atoms with Gasteiger partial charge in [-0.1, -0.05) is 26.0 Å². The van der Waals surface area contributed by atoms with E-state index < -0.39 is 0 Å². The molecule has 0 aliphatic rings. The third-order valence-electron chi connectivity index (χ3n) is 3.00. The fraction of sp³-hybridized carbons (Fsp3) is 0.400. The number of hydrogen-bond donors (Lipinski definition) is 1. The maximum absolute atomic E-state index is 10.1. The minimum Gasteiger partial charge on any atom is -0.504 e. The highest BCUT2D eigenvalue weighted by Gasteiger charge is 2.15. The summed E-state index contributed by atoms with van der Waals surface area (Å²) in [4.78, 5) is 0. The monoisotopic (exact) mass is 244 g/mol. The standard InChI is InChI=1S/C15H20N2O/c1-10(2)8-14-15(18)12(4)17(16-14)13-7-5-6-11(3)9-13/h5-7,9-10,18H,8H2,1-4H3. The predicted octanol–water partition coefficient (Wildman–Crippen LogP) is 3.39. The number of benzene rings is 1. The lowest BCUT2D eigenvalue weighted by Crippen LogP contribution is -2.01. The smallest absolute Gasteiger partial charge is 0.160 e. The van der Waals surface area contributed by atoms with Gasteiger partial charge in [-0.3, -0.25) is 0 Å². The van der Waals surface area contributed by atoms with Crippen LogP contribution in [0, 0.1) is 19.8 Å². The summed E-state index contributed by atoms with van der Waals surface area (Å²) in [6.45, 7) is 8.20. The molecule has 2 aromatic rings. The molecule has 1 aromatic carbocycles. The fourth-order valence-electron chi connectivity index (χ4n) is 2.09. The van der Waals surface area contributed by atoms with Gasteiger partial charge in [0.1, 0.15) is 5.69 Å². The lowest BCUT2D eigenvalue weighted by atomic mass is 10.1. The van der Waals surface area contributed by atoms with Gasteiger partial charge in [-0.25, -0.2) is 4.68 Å². The lowest BCUT2D eigenvalue weighted by molar-refractivity contribution is 0.458. The van der Waals surface area contributed by atoms with Crippen LogP contribution >= 0.6 is 0 Å². The van der Waals surface area contributed by atoms with Crippen molar-refractivity contribution < 1.29 is 5.11 Å². The van der Waals surface area contributed by atoms with Crippen LogP contribution in [0.1, 0.15) is 30.8 Å². The highest BCUT2D eigenvalue weighted by atomic mass is 16.3. The zero-order valence-electron chi connectivity index (χ0n) is 11.4. The molecule has 96 valence electrons. The van der Waals surface area contributed by atoms with Crippen LogP contribution in [-0.2, 0) is 6.42 Å². The third-order valence-corrected chi connectivity index (χ3v) is 3.00. The zero-order chi connectivity index (χ0) is 13.3. The van der Waals surface area contributed by atoms with Crippen molar-refractivity contribution in [3.8, 4) is 11.4 Å². The normalized spacial score (nSPS) is 11.2. The van der Waals surface area contributed by atoms with Crippen molar-refractivity contribution in [2.45, 2.75) is 34.1 Å². The molecule has 0 saturated carbocycles. The van der Waals surface area contributed by atoms with Crippen molar-refractivity contribution >= 4 is 0 Å². The van der Waals surface area contributed by atoms with E-state index in [4.69, 9.17) is 0 Å². The maximum atomic E-state index is 10.1. The molecule has 3 nitrogen and oxygen atoms in total. The van der Waals surface area contributed by atoms with Crippen LogP contribution in [0.2, 0.25) is 0 Å². The van der Waals surface area contributed by atoms with Gasteiger partial charge in [0, 0.05) is 0 Å². The van der Waals surface area contributed by atoms with Crippen molar-refractivity contribution in [1.29, 1.82) is 0 Å². The van der Waals surface area contributed by atoms with Gasteiger partial charge >= 0.3 is 0 Å². The SMILES string of the molecule is Cc1cccc(-n2nc(CC(C)C)c(O)c2C)c1. The second kappa shape index (κ2) is 4.84. The number of aryl methyl sites for hydroxylation is 1. The molecular formula is C15H20N2O. The van der Waals surface area contributed by atoms with Crippen LogP contribution in [0.3, 0.4) is 0 Å². The molecule has 0 fully saturated rings. The van der Waals surface area contributed by atoms with Gasteiger partial charge in [-0.15, -0.1) is 0 Å². The highest BCUT2D eigenvalue weighted by Crippen LogP contribution is 2.26. The number of aromatic nitrogens is 2. The predicted molar refractivity (Wildman–Crippen MR) is 73.2 cm³/mol. The van der Waals surface area contributed by atoms with E-state index in [-0.39, 0.29) is 0 Å². The van der Waals surface area contributed by atoms with Crippen LogP contribution in [0.4, 0.5) is 0 Å². The molecule has 0 spiro atoms. The Labute approximate surface area is 108 Å². The summed E-state index contributed by atoms with van der Waals surface area (Å²) in [6, 6.07) is 8.13. The van der Waals surface area contributed by atoms with Crippen LogP contribution < -0.4 is 0 Å². The summed E-state index contributed by atoms with van der Waals surface area (Å²) < 4.78 is 1.82. The molecule has 3 heteroatoms. The lowest BCUT2D eigenvalue weighted by Gasteiger charge is -2.04. The molecule has 0 atom stereocenters. The minimum atomic E-state index is 0.324. The van der Waals surface area contributed by atoms with E-state index >= 15 is 0 Å². The van der Waals surface area contributed by atoms with Crippen LogP contribution in [0.15, 0.2) is 24.3 Å². The quantitative estimate of drug-likeness (QED) is 0.898. The van der Waals surface area contributed by atoms with Crippen molar-refractivity contribution in [2.24, 2.45) is 5.92 Å². The zero-order valence-corrected chi connectivity index (χ0v) is 11.4. The van der Waals surface area contributed by atoms with Crippen molar-refractivity contribution in [3.05, 3.63) is 41.2 Å². The Kier molecular flexibility index (Phi) is 3.41. The third kappa shape index (κ3) is 2.40. The average molecular weight is 244 g/mol.